The Bertz CT molecular complexity index is 155. The van der Waals surface area contributed by atoms with E-state index in [1.54, 1.807) is 0 Å². The van der Waals surface area contributed by atoms with Crippen molar-refractivity contribution < 1.29 is 4.79 Å². The van der Waals surface area contributed by atoms with E-state index in [2.05, 4.69) is 17.2 Å². The normalized spacial score (nSPS) is 17.7. The van der Waals surface area contributed by atoms with Gasteiger partial charge in [0, 0.05) is 6.04 Å². The second-order valence-corrected chi connectivity index (χ2v) is 2.74. The minimum Gasteiger partial charge on any atom is -0.350 e. The summed E-state index contributed by atoms with van der Waals surface area (Å²) in [4.78, 5) is 10.8. The van der Waals surface area contributed by atoms with Gasteiger partial charge >= 0.3 is 0 Å². The molecule has 0 bridgehead atoms. The Morgan fingerprint density at radius 3 is 2.58 bits per heavy atom. The molecule has 2 N–H and O–H groups in total. The lowest BCUT2D eigenvalue weighted by Crippen LogP contribution is -2.42. The van der Waals surface area contributed by atoms with Gasteiger partial charge in [0.05, 0.1) is 0 Å². The van der Waals surface area contributed by atoms with Crippen LogP contribution in [0.1, 0.15) is 12.8 Å². The van der Waals surface area contributed by atoms with E-state index in [1.807, 2.05) is 0 Å². The van der Waals surface area contributed by atoms with E-state index in [1.165, 1.54) is 6.08 Å². The summed E-state index contributed by atoms with van der Waals surface area (Å²) in [5, 5.41) is 6.10. The van der Waals surface area contributed by atoms with E-state index in [4.69, 9.17) is 0 Å². The first-order valence-corrected chi connectivity index (χ1v) is 3.96. The van der Waals surface area contributed by atoms with E-state index in [9.17, 15) is 4.79 Å². The molecule has 12 heavy (non-hydrogen) atoms. The Morgan fingerprint density at radius 1 is 1.50 bits per heavy atom. The van der Waals surface area contributed by atoms with Gasteiger partial charge in [0.1, 0.15) is 0 Å². The highest BCUT2D eigenvalue weighted by Gasteiger charge is 2.12. The van der Waals surface area contributed by atoms with Crippen molar-refractivity contribution in [1.29, 1.82) is 0 Å². The molecule has 70 valence electrons. The number of halogens is 1. The maximum absolute atomic E-state index is 10.8. The molecule has 3 nitrogen and oxygen atoms in total. The minimum atomic E-state index is -0.0584. The number of rotatable bonds is 2. The molecule has 1 aliphatic heterocycles. The smallest absolute Gasteiger partial charge is 0.243 e. The Balaban J connectivity index is 0.00000121. The molecule has 0 aromatic rings. The predicted molar refractivity (Wildman–Crippen MR) is 51.5 cm³/mol. The highest BCUT2D eigenvalue weighted by molar-refractivity contribution is 5.87. The van der Waals surface area contributed by atoms with Gasteiger partial charge in [-0.15, -0.1) is 12.4 Å². The first-order valence-electron chi connectivity index (χ1n) is 3.96. The summed E-state index contributed by atoms with van der Waals surface area (Å²) in [6.45, 7) is 5.40. The van der Waals surface area contributed by atoms with Crippen LogP contribution in [-0.2, 0) is 4.79 Å². The van der Waals surface area contributed by atoms with Gasteiger partial charge in [-0.05, 0) is 32.0 Å². The summed E-state index contributed by atoms with van der Waals surface area (Å²) in [7, 11) is 0. The third-order valence-electron chi connectivity index (χ3n) is 1.87. The summed E-state index contributed by atoms with van der Waals surface area (Å²) in [5.74, 6) is -0.0584. The van der Waals surface area contributed by atoms with Crippen LogP contribution in [0.5, 0.6) is 0 Å². The fourth-order valence-corrected chi connectivity index (χ4v) is 1.23. The van der Waals surface area contributed by atoms with Gasteiger partial charge in [-0.3, -0.25) is 4.79 Å². The van der Waals surface area contributed by atoms with E-state index in [0.717, 1.165) is 25.9 Å². The van der Waals surface area contributed by atoms with Crippen molar-refractivity contribution in [3.05, 3.63) is 12.7 Å². The molecule has 1 fully saturated rings. The number of hydrogen-bond donors (Lipinski definition) is 2. The average Bonchev–Trinajstić information content (AvgIpc) is 2.06. The molecule has 1 aliphatic rings. The SMILES string of the molecule is C=CC(=O)NC1CCNCC1.Cl. The van der Waals surface area contributed by atoms with Gasteiger partial charge < -0.3 is 10.6 Å². The standard InChI is InChI=1S/C8H14N2O.ClH/c1-2-8(11)10-7-3-5-9-6-4-7;/h2,7,9H,1,3-6H2,(H,10,11);1H. The Morgan fingerprint density at radius 2 is 2.08 bits per heavy atom. The largest absolute Gasteiger partial charge is 0.350 e. The van der Waals surface area contributed by atoms with Gasteiger partial charge in [-0.1, -0.05) is 6.58 Å². The number of nitrogens with one attached hydrogen (secondary N) is 2. The predicted octanol–water partition coefficient (Wildman–Crippen LogP) is 0.462. The van der Waals surface area contributed by atoms with Crippen LogP contribution in [0.4, 0.5) is 0 Å². The fourth-order valence-electron chi connectivity index (χ4n) is 1.23. The van der Waals surface area contributed by atoms with Crippen molar-refractivity contribution in [3.8, 4) is 0 Å². The molecule has 0 aromatic carbocycles. The second-order valence-electron chi connectivity index (χ2n) is 2.74. The summed E-state index contributed by atoms with van der Waals surface area (Å²) >= 11 is 0. The second kappa shape index (κ2) is 6.03. The monoisotopic (exact) mass is 190 g/mol. The minimum absolute atomic E-state index is 0. The third-order valence-corrected chi connectivity index (χ3v) is 1.87. The Kier molecular flexibility index (Phi) is 5.76. The van der Waals surface area contributed by atoms with Crippen LogP contribution in [0.15, 0.2) is 12.7 Å². The highest BCUT2D eigenvalue weighted by atomic mass is 35.5. The van der Waals surface area contributed by atoms with Crippen molar-refractivity contribution in [2.24, 2.45) is 0 Å². The van der Waals surface area contributed by atoms with Crippen molar-refractivity contribution in [2.45, 2.75) is 18.9 Å². The highest BCUT2D eigenvalue weighted by Crippen LogP contribution is 2.00. The van der Waals surface area contributed by atoms with Crippen molar-refractivity contribution in [1.82, 2.24) is 10.6 Å². The van der Waals surface area contributed by atoms with Gasteiger partial charge in [-0.25, -0.2) is 0 Å². The van der Waals surface area contributed by atoms with Crippen LogP contribution in [0.3, 0.4) is 0 Å². The van der Waals surface area contributed by atoms with Crippen LogP contribution in [0, 0.1) is 0 Å². The topological polar surface area (TPSA) is 41.1 Å². The Labute approximate surface area is 79.0 Å². The first-order chi connectivity index (χ1) is 5.33. The molecule has 0 aromatic heterocycles. The summed E-state index contributed by atoms with van der Waals surface area (Å²) < 4.78 is 0. The van der Waals surface area contributed by atoms with E-state index in [0.29, 0.717) is 6.04 Å². The molecule has 4 heteroatoms. The number of carbonyl (C=O) groups excluding carboxylic acids is 1. The molecule has 0 saturated carbocycles. The third kappa shape index (κ3) is 3.74. The molecular formula is C8H15ClN2O. The number of amides is 1. The summed E-state index contributed by atoms with van der Waals surface area (Å²) in [6.07, 6.45) is 3.38. The maximum atomic E-state index is 10.8. The molecule has 1 amide bonds. The number of piperidine rings is 1. The van der Waals surface area contributed by atoms with Crippen LogP contribution < -0.4 is 10.6 Å². The molecule has 1 rings (SSSR count). The lowest BCUT2D eigenvalue weighted by atomic mass is 10.1. The molecule has 0 aliphatic carbocycles. The summed E-state index contributed by atoms with van der Waals surface area (Å²) in [5.41, 5.74) is 0. The van der Waals surface area contributed by atoms with Gasteiger partial charge in [-0.2, -0.15) is 0 Å². The molecule has 0 spiro atoms. The van der Waals surface area contributed by atoms with Crippen LogP contribution in [0.25, 0.3) is 0 Å². The molecule has 1 heterocycles. The Hall–Kier alpha value is -0.540. The molecule has 1 saturated heterocycles. The van der Waals surface area contributed by atoms with Crippen LogP contribution in [-0.4, -0.2) is 25.0 Å². The van der Waals surface area contributed by atoms with E-state index < -0.39 is 0 Å². The van der Waals surface area contributed by atoms with Crippen molar-refractivity contribution in [3.63, 3.8) is 0 Å². The zero-order chi connectivity index (χ0) is 8.10. The molecule has 0 atom stereocenters. The number of hydrogen-bond acceptors (Lipinski definition) is 2. The zero-order valence-electron chi connectivity index (χ0n) is 7.01. The summed E-state index contributed by atoms with van der Waals surface area (Å²) in [6, 6.07) is 0.349. The molecule has 0 radical (unpaired) electrons. The molecular weight excluding hydrogens is 176 g/mol. The zero-order valence-corrected chi connectivity index (χ0v) is 7.82. The fraction of sp³-hybridized carbons (Fsp3) is 0.625. The lowest BCUT2D eigenvalue weighted by molar-refractivity contribution is -0.117. The maximum Gasteiger partial charge on any atom is 0.243 e. The lowest BCUT2D eigenvalue weighted by Gasteiger charge is -2.22. The average molecular weight is 191 g/mol. The van der Waals surface area contributed by atoms with Crippen LogP contribution in [0.2, 0.25) is 0 Å². The van der Waals surface area contributed by atoms with Gasteiger partial charge in [0.2, 0.25) is 5.91 Å². The van der Waals surface area contributed by atoms with Crippen LogP contribution >= 0.6 is 12.4 Å². The van der Waals surface area contributed by atoms with Crippen molar-refractivity contribution >= 4 is 18.3 Å². The van der Waals surface area contributed by atoms with Gasteiger partial charge in [0.15, 0.2) is 0 Å². The number of carbonyl (C=O) groups is 1. The van der Waals surface area contributed by atoms with E-state index in [-0.39, 0.29) is 18.3 Å². The first kappa shape index (κ1) is 11.5. The van der Waals surface area contributed by atoms with E-state index >= 15 is 0 Å². The molecule has 0 unspecified atom stereocenters. The van der Waals surface area contributed by atoms with Crippen molar-refractivity contribution in [2.75, 3.05) is 13.1 Å². The van der Waals surface area contributed by atoms with Gasteiger partial charge in [0.25, 0.3) is 0 Å². The quantitative estimate of drug-likeness (QED) is 0.622.